The Kier molecular flexibility index (Phi) is 60.2. The fraction of sp³-hybridized carbons (Fsp3) is 0.941. The molecule has 0 aromatic carbocycles. The van der Waals surface area contributed by atoms with Gasteiger partial charge in [0.25, 0.3) is 0 Å². The molecule has 516 valence electrons. The van der Waals surface area contributed by atoms with E-state index in [4.69, 9.17) is 37.0 Å². The average Bonchev–Trinajstić information content (AvgIpc) is 3.70. The van der Waals surface area contributed by atoms with Crippen molar-refractivity contribution >= 4 is 39.5 Å². The predicted octanol–water partition coefficient (Wildman–Crippen LogP) is 19.4. The largest absolute Gasteiger partial charge is 0.472 e. The smallest absolute Gasteiger partial charge is 0.462 e. The SMILES string of the molecule is CCCCCCCCCCCCCCCCC(=O)OC[C@H](COP(=O)(O)OC[C@@H](O)COP(=O)(O)OC[C@@H](COC(=O)CCCCCCCCC)OC(=O)CCCCCCCCCC)OC(=O)CCCCCCCCCCCCCCCCCC(C)C. The van der Waals surface area contributed by atoms with Crippen molar-refractivity contribution in [2.75, 3.05) is 39.6 Å². The van der Waals surface area contributed by atoms with Crippen LogP contribution in [0.4, 0.5) is 0 Å². The van der Waals surface area contributed by atoms with E-state index in [1.54, 1.807) is 0 Å². The van der Waals surface area contributed by atoms with Gasteiger partial charge in [0.05, 0.1) is 26.4 Å². The standard InChI is InChI=1S/C68H132O17P2/c1-6-9-12-15-18-20-21-22-27-30-33-38-42-47-52-66(71)79-58-64(85-68(73)54-49-44-39-34-31-28-25-23-24-26-29-32-36-40-45-50-61(4)5)60-83-87(76,77)81-56-62(69)55-80-86(74,75)82-59-63(57-78-65(70)51-46-41-35-17-14-11-8-3)84-67(72)53-48-43-37-19-16-13-10-7-2/h61-64,69H,6-60H2,1-5H3,(H,74,75)(H,76,77)/t62-,63+,64+/m0/s1. The average molecular weight is 1280 g/mol. The molecule has 87 heavy (non-hydrogen) atoms. The van der Waals surface area contributed by atoms with E-state index in [2.05, 4.69) is 34.6 Å². The zero-order chi connectivity index (χ0) is 64.2. The van der Waals surface area contributed by atoms with Crippen LogP contribution in [0.2, 0.25) is 0 Å². The van der Waals surface area contributed by atoms with E-state index in [1.165, 1.54) is 154 Å². The van der Waals surface area contributed by atoms with Crippen molar-refractivity contribution in [3.63, 3.8) is 0 Å². The van der Waals surface area contributed by atoms with Crippen LogP contribution in [0.15, 0.2) is 0 Å². The van der Waals surface area contributed by atoms with E-state index in [0.29, 0.717) is 25.7 Å². The number of carbonyl (C=O) groups excluding carboxylic acids is 4. The number of hydrogen-bond donors (Lipinski definition) is 3. The van der Waals surface area contributed by atoms with Crippen LogP contribution in [0, 0.1) is 5.92 Å². The van der Waals surface area contributed by atoms with Crippen molar-refractivity contribution in [1.29, 1.82) is 0 Å². The van der Waals surface area contributed by atoms with Crippen molar-refractivity contribution in [2.24, 2.45) is 5.92 Å². The summed E-state index contributed by atoms with van der Waals surface area (Å²) in [5.74, 6) is -1.33. The van der Waals surface area contributed by atoms with Gasteiger partial charge >= 0.3 is 39.5 Å². The van der Waals surface area contributed by atoms with Crippen LogP contribution in [-0.4, -0.2) is 96.7 Å². The Hall–Kier alpha value is -1.94. The van der Waals surface area contributed by atoms with Gasteiger partial charge in [-0.1, -0.05) is 298 Å². The zero-order valence-corrected chi connectivity index (χ0v) is 57.9. The van der Waals surface area contributed by atoms with Crippen LogP contribution in [0.25, 0.3) is 0 Å². The Morgan fingerprint density at radius 2 is 0.529 bits per heavy atom. The summed E-state index contributed by atoms with van der Waals surface area (Å²) in [4.78, 5) is 72.2. The van der Waals surface area contributed by atoms with Crippen LogP contribution in [0.5, 0.6) is 0 Å². The monoisotopic (exact) mass is 1280 g/mol. The van der Waals surface area contributed by atoms with Gasteiger partial charge in [0, 0.05) is 25.7 Å². The molecule has 0 rings (SSSR count). The molecule has 2 unspecified atom stereocenters. The summed E-state index contributed by atoms with van der Waals surface area (Å²) in [6, 6.07) is 0. The van der Waals surface area contributed by atoms with Gasteiger partial charge in [-0.05, 0) is 31.6 Å². The first-order chi connectivity index (χ1) is 42.0. The van der Waals surface area contributed by atoms with Gasteiger partial charge in [0.15, 0.2) is 12.2 Å². The van der Waals surface area contributed by atoms with Crippen molar-refractivity contribution in [1.82, 2.24) is 0 Å². The second kappa shape index (κ2) is 61.6. The molecule has 3 N–H and O–H groups in total. The predicted molar refractivity (Wildman–Crippen MR) is 349 cm³/mol. The molecule has 0 aromatic rings. The molecule has 0 spiro atoms. The zero-order valence-electron chi connectivity index (χ0n) is 56.2. The molecule has 0 amide bonds. The van der Waals surface area contributed by atoms with Crippen LogP contribution in [0.1, 0.15) is 349 Å². The van der Waals surface area contributed by atoms with Crippen molar-refractivity contribution in [2.45, 2.75) is 368 Å². The van der Waals surface area contributed by atoms with E-state index < -0.39 is 97.5 Å². The Morgan fingerprint density at radius 1 is 0.310 bits per heavy atom. The maximum atomic E-state index is 13.0. The molecule has 19 heteroatoms. The second-order valence-electron chi connectivity index (χ2n) is 25.0. The first kappa shape index (κ1) is 85.1. The van der Waals surface area contributed by atoms with Gasteiger partial charge in [-0.15, -0.1) is 0 Å². The maximum absolute atomic E-state index is 13.0. The fourth-order valence-corrected chi connectivity index (χ4v) is 11.9. The molecular weight excluding hydrogens is 1150 g/mol. The third-order valence-electron chi connectivity index (χ3n) is 15.8. The lowest BCUT2D eigenvalue weighted by Crippen LogP contribution is -2.30. The molecule has 0 aliphatic carbocycles. The quantitative estimate of drug-likeness (QED) is 0.0222. The van der Waals surface area contributed by atoms with Gasteiger partial charge in [0.2, 0.25) is 0 Å². The summed E-state index contributed by atoms with van der Waals surface area (Å²) in [6.45, 7) is 7.19. The molecule has 0 radical (unpaired) electrons. The molecular formula is C68H132O17P2. The highest BCUT2D eigenvalue weighted by Gasteiger charge is 2.30. The van der Waals surface area contributed by atoms with Crippen molar-refractivity contribution in [3.05, 3.63) is 0 Å². The van der Waals surface area contributed by atoms with E-state index in [0.717, 1.165) is 115 Å². The molecule has 0 aromatic heterocycles. The first-order valence-electron chi connectivity index (χ1n) is 35.6. The molecule has 0 bridgehead atoms. The highest BCUT2D eigenvalue weighted by Crippen LogP contribution is 2.45. The Balaban J connectivity index is 5.16. The molecule has 0 saturated heterocycles. The Labute approximate surface area is 530 Å². The number of aliphatic hydroxyl groups is 1. The molecule has 5 atom stereocenters. The van der Waals surface area contributed by atoms with E-state index in [9.17, 15) is 43.2 Å². The van der Waals surface area contributed by atoms with Crippen molar-refractivity contribution < 1.29 is 80.2 Å². The number of phosphoric acid groups is 2. The van der Waals surface area contributed by atoms with Gasteiger partial charge < -0.3 is 33.8 Å². The summed E-state index contributed by atoms with van der Waals surface area (Å²) < 4.78 is 68.0. The number of unbranched alkanes of at least 4 members (excludes halogenated alkanes) is 40. The van der Waals surface area contributed by atoms with E-state index in [1.807, 2.05) is 0 Å². The highest BCUT2D eigenvalue weighted by atomic mass is 31.2. The Bertz CT molecular complexity index is 1690. The number of esters is 4. The van der Waals surface area contributed by atoms with Gasteiger partial charge in [0.1, 0.15) is 19.3 Å². The van der Waals surface area contributed by atoms with E-state index in [-0.39, 0.29) is 25.7 Å². The molecule has 0 saturated carbocycles. The van der Waals surface area contributed by atoms with Crippen LogP contribution >= 0.6 is 15.6 Å². The van der Waals surface area contributed by atoms with Gasteiger partial charge in [-0.3, -0.25) is 37.3 Å². The van der Waals surface area contributed by atoms with Crippen LogP contribution in [-0.2, 0) is 65.4 Å². The first-order valence-corrected chi connectivity index (χ1v) is 38.6. The fourth-order valence-electron chi connectivity index (χ4n) is 10.3. The van der Waals surface area contributed by atoms with Crippen LogP contribution in [0.3, 0.4) is 0 Å². The summed E-state index contributed by atoms with van der Waals surface area (Å²) in [7, 11) is -9.88. The maximum Gasteiger partial charge on any atom is 0.472 e. The third-order valence-corrected chi connectivity index (χ3v) is 17.7. The van der Waals surface area contributed by atoms with Gasteiger partial charge in [-0.25, -0.2) is 9.13 Å². The topological polar surface area (TPSA) is 237 Å². The minimum absolute atomic E-state index is 0.105. The number of ether oxygens (including phenoxy) is 4. The summed E-state index contributed by atoms with van der Waals surface area (Å²) >= 11 is 0. The molecule has 17 nitrogen and oxygen atoms in total. The summed E-state index contributed by atoms with van der Waals surface area (Å²) in [5, 5.41) is 10.5. The summed E-state index contributed by atoms with van der Waals surface area (Å²) in [6.07, 6.45) is 47.4. The lowest BCUT2D eigenvalue weighted by atomic mass is 10.0. The Morgan fingerprint density at radius 3 is 0.782 bits per heavy atom. The van der Waals surface area contributed by atoms with Gasteiger partial charge in [-0.2, -0.15) is 0 Å². The molecule has 0 aliphatic rings. The summed E-state index contributed by atoms with van der Waals surface area (Å²) in [5.41, 5.74) is 0. The molecule has 0 aliphatic heterocycles. The van der Waals surface area contributed by atoms with E-state index >= 15 is 0 Å². The highest BCUT2D eigenvalue weighted by molar-refractivity contribution is 7.47. The lowest BCUT2D eigenvalue weighted by Gasteiger charge is -2.21. The minimum Gasteiger partial charge on any atom is -0.462 e. The number of carbonyl (C=O) groups is 4. The lowest BCUT2D eigenvalue weighted by molar-refractivity contribution is -0.161. The minimum atomic E-state index is -4.95. The number of aliphatic hydroxyl groups excluding tert-OH is 1. The molecule has 0 fully saturated rings. The van der Waals surface area contributed by atoms with Crippen LogP contribution < -0.4 is 0 Å². The normalized spacial score (nSPS) is 14.1. The number of phosphoric ester groups is 2. The molecule has 0 heterocycles. The second-order valence-corrected chi connectivity index (χ2v) is 27.9. The number of rotatable bonds is 68. The number of hydrogen-bond acceptors (Lipinski definition) is 15. The van der Waals surface area contributed by atoms with Crippen molar-refractivity contribution in [3.8, 4) is 0 Å². The third kappa shape index (κ3) is 62.6.